The standard InChI is InChI=1S/C28H38F2O3/c1-3-5-7-9-10-12-14-22-15-17-23(18-16-22)28(31)33-25-20-19-24(26(29)27(25)30)32-21-13-11-8-6-4-2/h15-20H,3-14,21H2,1-2H3. The predicted octanol–water partition coefficient (Wildman–Crippen LogP) is 8.44. The normalized spacial score (nSPS) is 10.9. The molecule has 2 aromatic rings. The molecule has 0 spiro atoms. The van der Waals surface area contributed by atoms with E-state index in [0.29, 0.717) is 12.2 Å². The van der Waals surface area contributed by atoms with E-state index in [0.717, 1.165) is 50.5 Å². The van der Waals surface area contributed by atoms with E-state index in [-0.39, 0.29) is 5.75 Å². The number of halogens is 2. The largest absolute Gasteiger partial charge is 0.490 e. The zero-order chi connectivity index (χ0) is 23.9. The van der Waals surface area contributed by atoms with Gasteiger partial charge in [-0.05, 0) is 49.1 Å². The van der Waals surface area contributed by atoms with Crippen molar-refractivity contribution in [3.05, 3.63) is 59.2 Å². The van der Waals surface area contributed by atoms with E-state index in [1.165, 1.54) is 44.2 Å². The van der Waals surface area contributed by atoms with Crippen LogP contribution in [0.4, 0.5) is 8.78 Å². The summed E-state index contributed by atoms with van der Waals surface area (Å²) in [5, 5.41) is 0. The third-order valence-electron chi connectivity index (χ3n) is 5.73. The minimum atomic E-state index is -1.22. The number of carbonyl (C=O) groups excluding carboxylic acids is 1. The van der Waals surface area contributed by atoms with Gasteiger partial charge < -0.3 is 9.47 Å². The Bertz CT molecular complexity index is 834. The van der Waals surface area contributed by atoms with Crippen LogP contribution in [0, 0.1) is 11.6 Å². The fourth-order valence-electron chi connectivity index (χ4n) is 3.67. The summed E-state index contributed by atoms with van der Waals surface area (Å²) in [4.78, 5) is 12.4. The molecule has 0 amide bonds. The van der Waals surface area contributed by atoms with Crippen LogP contribution in [-0.4, -0.2) is 12.6 Å². The van der Waals surface area contributed by atoms with E-state index < -0.39 is 23.4 Å². The highest BCUT2D eigenvalue weighted by Crippen LogP contribution is 2.28. The molecule has 0 aliphatic rings. The van der Waals surface area contributed by atoms with Crippen LogP contribution in [-0.2, 0) is 6.42 Å². The molecule has 0 heterocycles. The van der Waals surface area contributed by atoms with E-state index in [9.17, 15) is 13.6 Å². The molecule has 0 fully saturated rings. The van der Waals surface area contributed by atoms with E-state index in [2.05, 4.69) is 13.8 Å². The van der Waals surface area contributed by atoms with Crippen LogP contribution in [0.15, 0.2) is 36.4 Å². The number of ether oxygens (including phenoxy) is 2. The van der Waals surface area contributed by atoms with Gasteiger partial charge in [0, 0.05) is 0 Å². The Balaban J connectivity index is 1.83. The molecular weight excluding hydrogens is 422 g/mol. The Hall–Kier alpha value is -2.43. The molecule has 182 valence electrons. The SMILES string of the molecule is CCCCCCCCc1ccc(C(=O)Oc2ccc(OCCCCCCC)c(F)c2F)cc1. The molecule has 0 saturated carbocycles. The molecule has 0 atom stereocenters. The molecule has 0 aliphatic carbocycles. The molecule has 33 heavy (non-hydrogen) atoms. The Morgan fingerprint density at radius 1 is 0.697 bits per heavy atom. The fourth-order valence-corrected chi connectivity index (χ4v) is 3.67. The zero-order valence-electron chi connectivity index (χ0n) is 20.1. The first-order valence-electron chi connectivity index (χ1n) is 12.5. The van der Waals surface area contributed by atoms with Crippen LogP contribution < -0.4 is 9.47 Å². The van der Waals surface area contributed by atoms with E-state index in [1.54, 1.807) is 12.1 Å². The topological polar surface area (TPSA) is 35.5 Å². The van der Waals surface area contributed by atoms with Crippen LogP contribution >= 0.6 is 0 Å². The third kappa shape index (κ3) is 9.53. The van der Waals surface area contributed by atoms with Crippen molar-refractivity contribution in [3.8, 4) is 11.5 Å². The highest BCUT2D eigenvalue weighted by Gasteiger charge is 2.19. The Kier molecular flexibility index (Phi) is 12.5. The number of rotatable bonds is 16. The summed E-state index contributed by atoms with van der Waals surface area (Å²) < 4.78 is 39.2. The number of hydrogen-bond acceptors (Lipinski definition) is 3. The summed E-state index contributed by atoms with van der Waals surface area (Å²) in [6.07, 6.45) is 13.5. The Morgan fingerprint density at radius 2 is 1.24 bits per heavy atom. The van der Waals surface area contributed by atoms with Gasteiger partial charge in [-0.1, -0.05) is 83.8 Å². The molecule has 0 N–H and O–H groups in total. The third-order valence-corrected chi connectivity index (χ3v) is 5.73. The van der Waals surface area contributed by atoms with Gasteiger partial charge in [0.1, 0.15) is 0 Å². The van der Waals surface area contributed by atoms with Crippen molar-refractivity contribution < 1.29 is 23.0 Å². The van der Waals surface area contributed by atoms with Gasteiger partial charge in [-0.2, -0.15) is 8.78 Å². The zero-order valence-corrected chi connectivity index (χ0v) is 20.1. The summed E-state index contributed by atoms with van der Waals surface area (Å²) in [6.45, 7) is 4.66. The van der Waals surface area contributed by atoms with Crippen molar-refractivity contribution in [2.45, 2.75) is 90.9 Å². The van der Waals surface area contributed by atoms with Gasteiger partial charge in [-0.3, -0.25) is 0 Å². The molecule has 3 nitrogen and oxygen atoms in total. The molecule has 0 aliphatic heterocycles. The maximum atomic E-state index is 14.4. The van der Waals surface area contributed by atoms with Crippen molar-refractivity contribution in [2.24, 2.45) is 0 Å². The molecular formula is C28H38F2O3. The first kappa shape index (κ1) is 26.8. The number of unbranched alkanes of at least 4 members (excludes halogenated alkanes) is 9. The van der Waals surface area contributed by atoms with Gasteiger partial charge >= 0.3 is 5.97 Å². The van der Waals surface area contributed by atoms with Crippen molar-refractivity contribution in [1.82, 2.24) is 0 Å². The predicted molar refractivity (Wildman–Crippen MR) is 129 cm³/mol. The lowest BCUT2D eigenvalue weighted by atomic mass is 10.0. The second-order valence-corrected chi connectivity index (χ2v) is 8.56. The van der Waals surface area contributed by atoms with E-state index in [4.69, 9.17) is 9.47 Å². The maximum Gasteiger partial charge on any atom is 0.343 e. The number of benzene rings is 2. The average molecular weight is 461 g/mol. The van der Waals surface area contributed by atoms with Crippen LogP contribution in [0.25, 0.3) is 0 Å². The molecule has 5 heteroatoms. The molecule has 0 radical (unpaired) electrons. The van der Waals surface area contributed by atoms with Gasteiger partial charge in [0.2, 0.25) is 11.6 Å². The minimum absolute atomic E-state index is 0.165. The molecule has 0 unspecified atom stereocenters. The average Bonchev–Trinajstić information content (AvgIpc) is 2.83. The molecule has 0 bridgehead atoms. The monoisotopic (exact) mass is 460 g/mol. The summed E-state index contributed by atoms with van der Waals surface area (Å²) in [5.74, 6) is -3.68. The van der Waals surface area contributed by atoms with Crippen molar-refractivity contribution in [3.63, 3.8) is 0 Å². The van der Waals surface area contributed by atoms with Gasteiger partial charge in [-0.15, -0.1) is 0 Å². The smallest absolute Gasteiger partial charge is 0.343 e. The molecule has 2 rings (SSSR count). The summed E-state index contributed by atoms with van der Waals surface area (Å²) >= 11 is 0. The minimum Gasteiger partial charge on any atom is -0.490 e. The van der Waals surface area contributed by atoms with Crippen molar-refractivity contribution in [2.75, 3.05) is 6.61 Å². The lowest BCUT2D eigenvalue weighted by Gasteiger charge is -2.11. The number of aryl methyl sites for hydroxylation is 1. The second kappa shape index (κ2) is 15.4. The maximum absolute atomic E-state index is 14.4. The van der Waals surface area contributed by atoms with E-state index >= 15 is 0 Å². The summed E-state index contributed by atoms with van der Waals surface area (Å²) in [5.41, 5.74) is 1.45. The second-order valence-electron chi connectivity index (χ2n) is 8.56. The number of esters is 1. The summed E-state index contributed by atoms with van der Waals surface area (Å²) in [6, 6.07) is 9.64. The first-order chi connectivity index (χ1) is 16.1. The van der Waals surface area contributed by atoms with Crippen LogP contribution in [0.5, 0.6) is 11.5 Å². The van der Waals surface area contributed by atoms with Crippen LogP contribution in [0.2, 0.25) is 0 Å². The van der Waals surface area contributed by atoms with Gasteiger partial charge in [0.25, 0.3) is 0 Å². The lowest BCUT2D eigenvalue weighted by molar-refractivity contribution is 0.0726. The Labute approximate surface area is 197 Å². The summed E-state index contributed by atoms with van der Waals surface area (Å²) in [7, 11) is 0. The van der Waals surface area contributed by atoms with Gasteiger partial charge in [0.05, 0.1) is 12.2 Å². The van der Waals surface area contributed by atoms with E-state index in [1.807, 2.05) is 12.1 Å². The quantitative estimate of drug-likeness (QED) is 0.143. The molecule has 2 aromatic carbocycles. The lowest BCUT2D eigenvalue weighted by Crippen LogP contribution is -2.10. The van der Waals surface area contributed by atoms with Crippen molar-refractivity contribution in [1.29, 1.82) is 0 Å². The Morgan fingerprint density at radius 3 is 1.91 bits per heavy atom. The highest BCUT2D eigenvalue weighted by molar-refractivity contribution is 5.91. The van der Waals surface area contributed by atoms with Gasteiger partial charge in [0.15, 0.2) is 11.5 Å². The van der Waals surface area contributed by atoms with Crippen LogP contribution in [0.1, 0.15) is 100 Å². The number of hydrogen-bond donors (Lipinski definition) is 0. The van der Waals surface area contributed by atoms with Gasteiger partial charge in [-0.25, -0.2) is 4.79 Å². The van der Waals surface area contributed by atoms with Crippen molar-refractivity contribution >= 4 is 5.97 Å². The first-order valence-corrected chi connectivity index (χ1v) is 12.5. The van der Waals surface area contributed by atoms with Crippen LogP contribution in [0.3, 0.4) is 0 Å². The number of carbonyl (C=O) groups is 1. The molecule has 0 saturated heterocycles. The molecule has 0 aromatic heterocycles. The fraction of sp³-hybridized carbons (Fsp3) is 0.536. The highest BCUT2D eigenvalue weighted by atomic mass is 19.2.